The Morgan fingerprint density at radius 3 is 0.795 bits per heavy atom. The van der Waals surface area contributed by atoms with Gasteiger partial charge in [0.2, 0.25) is 11.6 Å². The van der Waals surface area contributed by atoms with Gasteiger partial charge in [0.25, 0.3) is 0 Å². The second-order valence-corrected chi connectivity index (χ2v) is 18.9. The van der Waals surface area contributed by atoms with Gasteiger partial charge in [-0.05, 0) is 24.3 Å². The van der Waals surface area contributed by atoms with Crippen molar-refractivity contribution in [2.75, 3.05) is 26.7 Å². The molecule has 0 amide bonds. The number of hydrogen-bond donors (Lipinski definition) is 0. The van der Waals surface area contributed by atoms with Gasteiger partial charge in [-0.2, -0.15) is 0 Å². The van der Waals surface area contributed by atoms with Gasteiger partial charge in [0, 0.05) is 14.5 Å². The summed E-state index contributed by atoms with van der Waals surface area (Å²) in [6.45, 7) is 7.17. The molecule has 0 aliphatic carbocycles. The van der Waals surface area contributed by atoms with E-state index in [1.165, 1.54) is 0 Å². The summed E-state index contributed by atoms with van der Waals surface area (Å²) in [6, 6.07) is 17.8. The highest BCUT2D eigenvalue weighted by molar-refractivity contribution is 7.81. The first kappa shape index (κ1) is 40.5. The molecule has 44 heavy (non-hydrogen) atoms. The number of rotatable bonds is 6. The molecule has 0 spiro atoms. The van der Waals surface area contributed by atoms with Crippen molar-refractivity contribution >= 4 is 25.1 Å². The van der Waals surface area contributed by atoms with Gasteiger partial charge in [0.1, 0.15) is 0 Å². The topological polar surface area (TPSA) is 0 Å². The van der Waals surface area contributed by atoms with Crippen LogP contribution >= 0.6 is 14.5 Å². The number of benzene rings is 4. The Balaban J connectivity index is 0.000000421. The lowest BCUT2D eigenvalue weighted by Gasteiger charge is -2.19. The SMILES string of the molecule is C[P+](C)(Cc1c(F)c(F)c(F)c(F)c1F)c1ccccc1.C[P+](C)(Cc1c(F)c(F)c(F)c(F)c1F)c1ccccc1.[I-].[I-]. The van der Waals surface area contributed by atoms with Crippen molar-refractivity contribution in [1.82, 2.24) is 0 Å². The minimum Gasteiger partial charge on any atom is -1.00 e. The van der Waals surface area contributed by atoms with Crippen LogP contribution in [0.3, 0.4) is 0 Å². The van der Waals surface area contributed by atoms with Gasteiger partial charge >= 0.3 is 0 Å². The lowest BCUT2D eigenvalue weighted by molar-refractivity contribution is -0.00100. The van der Waals surface area contributed by atoms with E-state index in [2.05, 4.69) is 0 Å². The maximum Gasteiger partial charge on any atom is 0.200 e. The van der Waals surface area contributed by atoms with Gasteiger partial charge in [-0.1, -0.05) is 36.4 Å². The van der Waals surface area contributed by atoms with Gasteiger partial charge in [0.05, 0.1) is 60.7 Å². The van der Waals surface area contributed by atoms with Crippen molar-refractivity contribution in [1.29, 1.82) is 0 Å². The Bertz CT molecular complexity index is 1410. The van der Waals surface area contributed by atoms with E-state index in [9.17, 15) is 43.9 Å². The van der Waals surface area contributed by atoms with Crippen LogP contribution in [-0.2, 0) is 12.3 Å². The fourth-order valence-corrected chi connectivity index (χ4v) is 8.67. The summed E-state index contributed by atoms with van der Waals surface area (Å²) >= 11 is 0. The molecule has 0 radical (unpaired) electrons. The lowest BCUT2D eigenvalue weighted by atomic mass is 10.2. The summed E-state index contributed by atoms with van der Waals surface area (Å²) in [4.78, 5) is 0. The van der Waals surface area contributed by atoms with Gasteiger partial charge in [-0.25, -0.2) is 43.9 Å². The molecule has 4 aromatic carbocycles. The van der Waals surface area contributed by atoms with Crippen LogP contribution in [0.15, 0.2) is 60.7 Å². The minimum atomic E-state index is -2.12. The van der Waals surface area contributed by atoms with E-state index < -0.39 is 83.8 Å². The van der Waals surface area contributed by atoms with E-state index in [-0.39, 0.29) is 60.3 Å². The lowest BCUT2D eigenvalue weighted by Crippen LogP contribution is -3.00. The predicted octanol–water partition coefficient (Wildman–Crippen LogP) is 2.98. The molecule has 0 unspecified atom stereocenters. The molecular weight excluding hydrogens is 866 g/mol. The highest BCUT2D eigenvalue weighted by Gasteiger charge is 2.36. The van der Waals surface area contributed by atoms with E-state index in [0.717, 1.165) is 10.6 Å². The fraction of sp³-hybridized carbons (Fsp3) is 0.200. The highest BCUT2D eigenvalue weighted by Crippen LogP contribution is 2.54. The Morgan fingerprint density at radius 1 is 0.364 bits per heavy atom. The third kappa shape index (κ3) is 8.85. The van der Waals surface area contributed by atoms with Crippen LogP contribution in [0.2, 0.25) is 0 Å². The van der Waals surface area contributed by atoms with E-state index in [1.807, 2.05) is 0 Å². The second kappa shape index (κ2) is 16.4. The summed E-state index contributed by atoms with van der Waals surface area (Å²) in [7, 11) is -4.12. The maximum atomic E-state index is 13.7. The van der Waals surface area contributed by atoms with Crippen LogP contribution in [0, 0.1) is 58.2 Å². The standard InChI is InChI=1S/2C15H13F5P.2HI/c2*1-21(2,9-6-4-3-5-7-9)8-10-11(16)13(18)15(20)14(19)12(10)17;;/h2*3-7H,8H2,1-2H3;2*1H/q2*+1;;/p-2. The average Bonchev–Trinajstić information content (AvgIpc) is 2.98. The van der Waals surface area contributed by atoms with Crippen LogP contribution in [0.4, 0.5) is 43.9 Å². The Morgan fingerprint density at radius 2 is 0.568 bits per heavy atom. The van der Waals surface area contributed by atoms with Crippen molar-refractivity contribution in [3.05, 3.63) is 130 Å². The van der Waals surface area contributed by atoms with Gasteiger partial charge in [0.15, 0.2) is 46.5 Å². The van der Waals surface area contributed by atoms with Crippen molar-refractivity contribution in [3.63, 3.8) is 0 Å². The van der Waals surface area contributed by atoms with E-state index in [4.69, 9.17) is 0 Å². The molecule has 240 valence electrons. The van der Waals surface area contributed by atoms with Gasteiger partial charge in [-0.15, -0.1) is 0 Å². The van der Waals surface area contributed by atoms with Crippen LogP contribution in [0.25, 0.3) is 0 Å². The monoisotopic (exact) mass is 892 g/mol. The molecule has 0 bridgehead atoms. The largest absolute Gasteiger partial charge is 1.00 e. The first-order chi connectivity index (χ1) is 19.5. The minimum absolute atomic E-state index is 0. The van der Waals surface area contributed by atoms with Gasteiger partial charge < -0.3 is 48.0 Å². The Hall–Kier alpha value is -1.50. The molecule has 0 N–H and O–H groups in total. The number of halogens is 12. The zero-order valence-electron chi connectivity index (χ0n) is 23.6. The van der Waals surface area contributed by atoms with Crippen molar-refractivity contribution in [2.45, 2.75) is 12.3 Å². The highest BCUT2D eigenvalue weighted by atomic mass is 127. The molecule has 0 saturated carbocycles. The third-order valence-electron chi connectivity index (χ3n) is 6.62. The van der Waals surface area contributed by atoms with Crippen LogP contribution in [-0.4, -0.2) is 26.7 Å². The molecule has 0 aromatic heterocycles. The molecule has 4 rings (SSSR count). The summed E-state index contributed by atoms with van der Waals surface area (Å²) in [5.41, 5.74) is -1.48. The summed E-state index contributed by atoms with van der Waals surface area (Å²) in [6.07, 6.45) is -0.383. The molecule has 0 fully saturated rings. The van der Waals surface area contributed by atoms with Crippen molar-refractivity contribution in [2.24, 2.45) is 0 Å². The molecule has 0 nitrogen and oxygen atoms in total. The molecule has 14 heteroatoms. The summed E-state index contributed by atoms with van der Waals surface area (Å²) in [5, 5.41) is 1.71. The third-order valence-corrected chi connectivity index (χ3v) is 12.2. The molecule has 0 atom stereocenters. The molecule has 4 aromatic rings. The average molecular weight is 892 g/mol. The molecule has 0 heterocycles. The fourth-order valence-electron chi connectivity index (χ4n) is 4.21. The van der Waals surface area contributed by atoms with E-state index in [1.54, 1.807) is 87.3 Å². The zero-order chi connectivity index (χ0) is 31.6. The molecule has 0 aliphatic heterocycles. The predicted molar refractivity (Wildman–Crippen MR) is 150 cm³/mol. The summed E-state index contributed by atoms with van der Waals surface area (Å²) < 4.78 is 134. The quantitative estimate of drug-likeness (QED) is 0.0921. The molecule has 0 aliphatic rings. The van der Waals surface area contributed by atoms with Crippen LogP contribution in [0.5, 0.6) is 0 Å². The van der Waals surface area contributed by atoms with Crippen molar-refractivity contribution in [3.8, 4) is 0 Å². The second-order valence-electron chi connectivity index (χ2n) is 10.5. The zero-order valence-corrected chi connectivity index (χ0v) is 29.7. The maximum absolute atomic E-state index is 13.7. The van der Waals surface area contributed by atoms with Gasteiger partial charge in [-0.3, -0.25) is 0 Å². The first-order valence-electron chi connectivity index (χ1n) is 12.3. The smallest absolute Gasteiger partial charge is 0.200 e. The van der Waals surface area contributed by atoms with Crippen LogP contribution < -0.4 is 58.6 Å². The van der Waals surface area contributed by atoms with Crippen molar-refractivity contribution < 1.29 is 91.9 Å². The Kier molecular flexibility index (Phi) is 15.1. The molecule has 0 saturated heterocycles. The van der Waals surface area contributed by atoms with E-state index >= 15 is 0 Å². The summed E-state index contributed by atoms with van der Waals surface area (Å²) in [5.74, 6) is -18.8. The Labute approximate surface area is 284 Å². The van der Waals surface area contributed by atoms with Crippen LogP contribution in [0.1, 0.15) is 11.1 Å². The first-order valence-corrected chi connectivity index (χ1v) is 18.0. The molecular formula is C30H26F10I2P2. The number of hydrogen-bond acceptors (Lipinski definition) is 0. The normalized spacial score (nSPS) is 11.2. The van der Waals surface area contributed by atoms with E-state index in [0.29, 0.717) is 0 Å².